The Labute approximate surface area is 181 Å². The fraction of sp³-hybridized carbons (Fsp3) is 0.423. The van der Waals surface area contributed by atoms with Crippen LogP contribution in [0.5, 0.6) is 0 Å². The van der Waals surface area contributed by atoms with Crippen LogP contribution in [0, 0.1) is 0 Å². The second-order valence-corrected chi connectivity index (χ2v) is 11.6. The molecule has 30 heavy (non-hydrogen) atoms. The number of sulfone groups is 1. The number of carbonyl (C=O) groups is 1. The topological polar surface area (TPSA) is 51.2 Å². The molecular formula is C26H32O3S. The Kier molecular flexibility index (Phi) is 5.85. The van der Waals surface area contributed by atoms with Gasteiger partial charge in [-0.3, -0.25) is 4.79 Å². The maximum Gasteiger partial charge on any atom is 0.250 e. The zero-order valence-corrected chi connectivity index (χ0v) is 19.7. The van der Waals surface area contributed by atoms with Crippen LogP contribution in [-0.4, -0.2) is 13.5 Å². The number of rotatable bonds is 4. The van der Waals surface area contributed by atoms with Gasteiger partial charge in [0.05, 0.1) is 4.90 Å². The minimum Gasteiger partial charge on any atom is -0.281 e. The minimum absolute atomic E-state index is 0.0193. The molecule has 0 saturated heterocycles. The highest BCUT2D eigenvalue weighted by atomic mass is 32.2. The number of fused-ring (bicyclic) bond motifs is 1. The summed E-state index contributed by atoms with van der Waals surface area (Å²) in [7, 11) is -3.88. The van der Waals surface area contributed by atoms with E-state index in [-0.39, 0.29) is 22.1 Å². The van der Waals surface area contributed by atoms with Crippen LogP contribution in [-0.2, 0) is 25.5 Å². The first-order valence-corrected chi connectivity index (χ1v) is 12.1. The van der Waals surface area contributed by atoms with E-state index in [0.29, 0.717) is 0 Å². The summed E-state index contributed by atoms with van der Waals surface area (Å²) in [5.41, 5.74) is 6.41. The van der Waals surface area contributed by atoms with Gasteiger partial charge >= 0.3 is 0 Å². The SMILES string of the molecule is CCC(=O)S(=O)(=O)c1ccc(/C=C(\C)c2ccc3c(c2)C(C)(C)CCC3(C)C)cc1. The van der Waals surface area contributed by atoms with Gasteiger partial charge in [0, 0.05) is 6.42 Å². The average molecular weight is 425 g/mol. The van der Waals surface area contributed by atoms with E-state index >= 15 is 0 Å². The molecule has 0 spiro atoms. The third-order valence-corrected chi connectivity index (χ3v) is 8.25. The molecule has 0 bridgehead atoms. The van der Waals surface area contributed by atoms with Crippen LogP contribution in [0.15, 0.2) is 47.4 Å². The minimum atomic E-state index is -3.88. The van der Waals surface area contributed by atoms with Crippen LogP contribution < -0.4 is 0 Å². The molecule has 0 N–H and O–H groups in total. The molecule has 0 aliphatic heterocycles. The highest BCUT2D eigenvalue weighted by Crippen LogP contribution is 2.46. The van der Waals surface area contributed by atoms with Gasteiger partial charge in [-0.05, 0) is 70.6 Å². The van der Waals surface area contributed by atoms with Gasteiger partial charge in [0.2, 0.25) is 9.84 Å². The monoisotopic (exact) mass is 424 g/mol. The number of hydrogen-bond acceptors (Lipinski definition) is 3. The molecule has 2 aromatic carbocycles. The third kappa shape index (κ3) is 4.15. The Bertz CT molecular complexity index is 1100. The second kappa shape index (κ2) is 7.81. The van der Waals surface area contributed by atoms with Crippen LogP contribution in [0.2, 0.25) is 0 Å². The van der Waals surface area contributed by atoms with E-state index in [4.69, 9.17) is 0 Å². The largest absolute Gasteiger partial charge is 0.281 e. The lowest BCUT2D eigenvalue weighted by Crippen LogP contribution is -2.33. The van der Waals surface area contributed by atoms with Crippen molar-refractivity contribution >= 4 is 26.6 Å². The summed E-state index contributed by atoms with van der Waals surface area (Å²) >= 11 is 0. The van der Waals surface area contributed by atoms with Crippen LogP contribution in [0.25, 0.3) is 11.6 Å². The first-order valence-electron chi connectivity index (χ1n) is 10.6. The van der Waals surface area contributed by atoms with Crippen LogP contribution >= 0.6 is 0 Å². The highest BCUT2D eigenvalue weighted by Gasteiger charge is 2.36. The summed E-state index contributed by atoms with van der Waals surface area (Å²) in [6.07, 6.45) is 4.40. The molecule has 3 nitrogen and oxygen atoms in total. The first kappa shape index (κ1) is 22.5. The molecule has 0 atom stereocenters. The van der Waals surface area contributed by atoms with Crippen molar-refractivity contribution in [3.8, 4) is 0 Å². The van der Waals surface area contributed by atoms with E-state index in [1.54, 1.807) is 19.1 Å². The maximum atomic E-state index is 12.2. The Morgan fingerprint density at radius 1 is 0.933 bits per heavy atom. The summed E-state index contributed by atoms with van der Waals surface area (Å²) in [5.74, 6) is 0. The van der Waals surface area contributed by atoms with E-state index in [0.717, 1.165) is 11.1 Å². The van der Waals surface area contributed by atoms with Gasteiger partial charge in [-0.15, -0.1) is 0 Å². The lowest BCUT2D eigenvalue weighted by molar-refractivity contribution is -0.111. The van der Waals surface area contributed by atoms with Gasteiger partial charge in [0.15, 0.2) is 0 Å². The van der Waals surface area contributed by atoms with Crippen molar-refractivity contribution in [2.75, 3.05) is 0 Å². The van der Waals surface area contributed by atoms with Gasteiger partial charge in [-0.25, -0.2) is 8.42 Å². The van der Waals surface area contributed by atoms with Crippen molar-refractivity contribution in [2.45, 2.75) is 76.5 Å². The third-order valence-electron chi connectivity index (χ3n) is 6.47. The van der Waals surface area contributed by atoms with Gasteiger partial charge in [0.1, 0.15) is 0 Å². The number of allylic oxidation sites excluding steroid dienone is 1. The predicted octanol–water partition coefficient (Wildman–Crippen LogP) is 6.31. The molecule has 1 aliphatic carbocycles. The molecule has 1 aliphatic rings. The van der Waals surface area contributed by atoms with E-state index < -0.39 is 15.0 Å². The smallest absolute Gasteiger partial charge is 0.250 e. The molecule has 0 unspecified atom stereocenters. The highest BCUT2D eigenvalue weighted by molar-refractivity contribution is 8.06. The number of benzene rings is 2. The molecular weight excluding hydrogens is 392 g/mol. The van der Waals surface area contributed by atoms with E-state index in [1.807, 2.05) is 0 Å². The van der Waals surface area contributed by atoms with Crippen molar-refractivity contribution in [3.05, 3.63) is 64.7 Å². The van der Waals surface area contributed by atoms with Gasteiger partial charge < -0.3 is 0 Å². The standard InChI is InChI=1S/C26H32O3S/c1-7-24(27)30(28,29)21-11-8-19(9-12-21)16-18(2)20-10-13-22-23(17-20)26(5,6)15-14-25(22,3)4/h8-13,16-17H,7,14-15H2,1-6H3/b18-16+. The molecule has 160 valence electrons. The van der Waals surface area contributed by atoms with Crippen molar-refractivity contribution in [3.63, 3.8) is 0 Å². The molecule has 3 rings (SSSR count). The van der Waals surface area contributed by atoms with Crippen molar-refractivity contribution in [2.24, 2.45) is 0 Å². The zero-order chi connectivity index (χ0) is 22.3. The summed E-state index contributed by atoms with van der Waals surface area (Å²) < 4.78 is 24.4. The van der Waals surface area contributed by atoms with Gasteiger partial charge in [0.25, 0.3) is 5.12 Å². The quantitative estimate of drug-likeness (QED) is 0.541. The molecule has 2 aromatic rings. The van der Waals surface area contributed by atoms with Gasteiger partial charge in [-0.2, -0.15) is 0 Å². The normalized spacial score (nSPS) is 18.0. The van der Waals surface area contributed by atoms with Crippen LogP contribution in [0.4, 0.5) is 0 Å². The molecule has 0 heterocycles. The number of carbonyl (C=O) groups excluding carboxylic acids is 1. The Morgan fingerprint density at radius 3 is 2.07 bits per heavy atom. The molecule has 0 fully saturated rings. The molecule has 0 saturated carbocycles. The summed E-state index contributed by atoms with van der Waals surface area (Å²) in [6.45, 7) is 12.9. The fourth-order valence-electron chi connectivity index (χ4n) is 4.23. The van der Waals surface area contributed by atoms with E-state index in [1.165, 1.54) is 41.7 Å². The average Bonchev–Trinajstić information content (AvgIpc) is 2.71. The maximum absolute atomic E-state index is 12.2. The second-order valence-electron chi connectivity index (χ2n) is 9.65. The van der Waals surface area contributed by atoms with Crippen molar-refractivity contribution in [1.82, 2.24) is 0 Å². The molecule has 0 aromatic heterocycles. The summed E-state index contributed by atoms with van der Waals surface area (Å²) in [4.78, 5) is 11.8. The van der Waals surface area contributed by atoms with Crippen molar-refractivity contribution < 1.29 is 13.2 Å². The van der Waals surface area contributed by atoms with E-state index in [2.05, 4.69) is 58.9 Å². The van der Waals surface area contributed by atoms with Crippen molar-refractivity contribution in [1.29, 1.82) is 0 Å². The lowest BCUT2D eigenvalue weighted by atomic mass is 9.63. The lowest BCUT2D eigenvalue weighted by Gasteiger charge is -2.42. The predicted molar refractivity (Wildman–Crippen MR) is 124 cm³/mol. The number of hydrogen-bond donors (Lipinski definition) is 0. The summed E-state index contributed by atoms with van der Waals surface area (Å²) in [5, 5.41) is -0.749. The Hall–Kier alpha value is -2.20. The Morgan fingerprint density at radius 2 is 1.50 bits per heavy atom. The summed E-state index contributed by atoms with van der Waals surface area (Å²) in [6, 6.07) is 13.3. The fourth-order valence-corrected chi connectivity index (χ4v) is 5.37. The molecule has 0 radical (unpaired) electrons. The first-order chi connectivity index (χ1) is 13.9. The molecule has 4 heteroatoms. The zero-order valence-electron chi connectivity index (χ0n) is 18.9. The van der Waals surface area contributed by atoms with Crippen LogP contribution in [0.3, 0.4) is 0 Å². The van der Waals surface area contributed by atoms with Crippen LogP contribution in [0.1, 0.15) is 83.1 Å². The van der Waals surface area contributed by atoms with E-state index in [9.17, 15) is 13.2 Å². The Balaban J connectivity index is 1.94. The molecule has 0 amide bonds. The van der Waals surface area contributed by atoms with Gasteiger partial charge in [-0.1, -0.05) is 71.0 Å².